The molecular formula is C21H17N3O2. The van der Waals surface area contributed by atoms with Crippen LogP contribution < -0.4 is 0 Å². The molecule has 1 aliphatic carbocycles. The van der Waals surface area contributed by atoms with Crippen molar-refractivity contribution < 1.29 is 9.90 Å². The first-order valence-corrected chi connectivity index (χ1v) is 8.43. The Morgan fingerprint density at radius 2 is 1.65 bits per heavy atom. The zero-order valence-corrected chi connectivity index (χ0v) is 14.0. The number of hydrogen-bond acceptors (Lipinski definition) is 3. The Balaban J connectivity index is 1.59. The number of rotatable bonds is 4. The van der Waals surface area contributed by atoms with Crippen LogP contribution in [0.1, 0.15) is 18.7 Å². The van der Waals surface area contributed by atoms with Gasteiger partial charge in [0.1, 0.15) is 0 Å². The van der Waals surface area contributed by atoms with Gasteiger partial charge in [0, 0.05) is 16.7 Å². The first-order valence-electron chi connectivity index (χ1n) is 8.43. The van der Waals surface area contributed by atoms with Gasteiger partial charge in [-0.15, -0.1) is 0 Å². The lowest BCUT2D eigenvalue weighted by molar-refractivity contribution is -0.132. The smallest absolute Gasteiger partial charge is 0.331 e. The maximum absolute atomic E-state index is 11.2. The van der Waals surface area contributed by atoms with Gasteiger partial charge in [-0.05, 0) is 30.0 Å². The van der Waals surface area contributed by atoms with Gasteiger partial charge in [-0.25, -0.2) is 9.78 Å². The summed E-state index contributed by atoms with van der Waals surface area (Å²) in [4.78, 5) is 15.7. The van der Waals surface area contributed by atoms with Crippen molar-refractivity contribution >= 4 is 11.5 Å². The summed E-state index contributed by atoms with van der Waals surface area (Å²) in [6, 6.07) is 18.2. The molecule has 0 atom stereocenters. The van der Waals surface area contributed by atoms with E-state index in [4.69, 9.17) is 5.11 Å². The first-order chi connectivity index (χ1) is 12.7. The third kappa shape index (κ3) is 3.19. The van der Waals surface area contributed by atoms with Gasteiger partial charge in [-0.3, -0.25) is 5.10 Å². The number of allylic oxidation sites excluding steroid dienone is 3. The highest BCUT2D eigenvalue weighted by Gasteiger charge is 2.15. The second-order valence-corrected chi connectivity index (χ2v) is 6.12. The predicted molar refractivity (Wildman–Crippen MR) is 100 cm³/mol. The second-order valence-electron chi connectivity index (χ2n) is 6.12. The molecular weight excluding hydrogens is 326 g/mol. The molecule has 3 aromatic rings. The number of aromatic nitrogens is 3. The fourth-order valence-corrected chi connectivity index (χ4v) is 3.00. The van der Waals surface area contributed by atoms with E-state index in [1.165, 1.54) is 0 Å². The van der Waals surface area contributed by atoms with Gasteiger partial charge in [0.05, 0.1) is 0 Å². The molecule has 1 heterocycles. The lowest BCUT2D eigenvalue weighted by atomic mass is 9.99. The molecule has 0 bridgehead atoms. The molecule has 2 aromatic carbocycles. The van der Waals surface area contributed by atoms with Gasteiger partial charge in [0.25, 0.3) is 0 Å². The highest BCUT2D eigenvalue weighted by molar-refractivity contribution is 5.91. The minimum Gasteiger partial charge on any atom is -0.478 e. The monoisotopic (exact) mass is 343 g/mol. The molecule has 0 amide bonds. The average Bonchev–Trinajstić information content (AvgIpc) is 3.19. The molecule has 0 saturated carbocycles. The van der Waals surface area contributed by atoms with Gasteiger partial charge >= 0.3 is 5.97 Å². The van der Waals surface area contributed by atoms with Crippen LogP contribution in [0.15, 0.2) is 72.3 Å². The maximum atomic E-state index is 11.2. The summed E-state index contributed by atoms with van der Waals surface area (Å²) in [6.45, 7) is 0. The average molecular weight is 343 g/mol. The summed E-state index contributed by atoms with van der Waals surface area (Å²) >= 11 is 0. The summed E-state index contributed by atoms with van der Waals surface area (Å²) in [5.74, 6) is 0.300. The zero-order chi connectivity index (χ0) is 17.9. The van der Waals surface area contributed by atoms with Crippen LogP contribution in [-0.2, 0) is 4.79 Å². The lowest BCUT2D eigenvalue weighted by Crippen LogP contribution is -2.04. The number of hydrogen-bond donors (Lipinski definition) is 2. The Kier molecular flexibility index (Phi) is 4.19. The van der Waals surface area contributed by atoms with Crippen molar-refractivity contribution in [1.29, 1.82) is 0 Å². The largest absolute Gasteiger partial charge is 0.478 e. The first kappa shape index (κ1) is 16.0. The molecule has 0 aliphatic heterocycles. The molecule has 0 saturated heterocycles. The zero-order valence-electron chi connectivity index (χ0n) is 14.0. The van der Waals surface area contributed by atoms with Crippen LogP contribution in [0.25, 0.3) is 28.1 Å². The van der Waals surface area contributed by atoms with Crippen molar-refractivity contribution in [3.63, 3.8) is 0 Å². The fourth-order valence-electron chi connectivity index (χ4n) is 3.00. The molecule has 128 valence electrons. The van der Waals surface area contributed by atoms with Crippen LogP contribution in [0.4, 0.5) is 0 Å². The Hall–Kier alpha value is -3.47. The van der Waals surface area contributed by atoms with Crippen molar-refractivity contribution in [3.05, 3.63) is 78.1 Å². The van der Waals surface area contributed by atoms with Crippen LogP contribution in [0.2, 0.25) is 0 Å². The van der Waals surface area contributed by atoms with Crippen LogP contribution in [0.3, 0.4) is 0 Å². The van der Waals surface area contributed by atoms with Crippen LogP contribution in [-0.4, -0.2) is 26.3 Å². The molecule has 0 radical (unpaired) electrons. The van der Waals surface area contributed by atoms with Crippen molar-refractivity contribution in [2.24, 2.45) is 0 Å². The number of carbonyl (C=O) groups is 1. The number of carboxylic acids is 1. The molecule has 5 nitrogen and oxygen atoms in total. The third-order valence-corrected chi connectivity index (χ3v) is 4.39. The Bertz CT molecular complexity index is 999. The van der Waals surface area contributed by atoms with Crippen LogP contribution in [0.5, 0.6) is 0 Å². The third-order valence-electron chi connectivity index (χ3n) is 4.39. The van der Waals surface area contributed by atoms with E-state index in [0.717, 1.165) is 22.3 Å². The summed E-state index contributed by atoms with van der Waals surface area (Å²) in [5.41, 5.74) is 4.37. The molecule has 1 aromatic heterocycles. The number of nitrogens with one attached hydrogen (secondary N) is 1. The number of carboxylic acid groups (broad SMARTS) is 1. The minimum atomic E-state index is -0.883. The van der Waals surface area contributed by atoms with Gasteiger partial charge in [0.15, 0.2) is 11.6 Å². The van der Waals surface area contributed by atoms with Gasteiger partial charge in [-0.1, -0.05) is 60.7 Å². The van der Waals surface area contributed by atoms with Gasteiger partial charge in [0.2, 0.25) is 0 Å². The molecule has 5 heteroatoms. The summed E-state index contributed by atoms with van der Waals surface area (Å²) < 4.78 is 0. The topological polar surface area (TPSA) is 78.9 Å². The van der Waals surface area contributed by atoms with Crippen LogP contribution >= 0.6 is 0 Å². The van der Waals surface area contributed by atoms with Crippen molar-refractivity contribution in [1.82, 2.24) is 15.2 Å². The molecule has 1 aliphatic rings. The Morgan fingerprint density at radius 1 is 0.962 bits per heavy atom. The van der Waals surface area contributed by atoms with Gasteiger partial charge < -0.3 is 5.11 Å². The number of benzene rings is 2. The van der Waals surface area contributed by atoms with Crippen LogP contribution in [0, 0.1) is 0 Å². The highest BCUT2D eigenvalue weighted by Crippen LogP contribution is 2.26. The molecule has 2 N–H and O–H groups in total. The van der Waals surface area contributed by atoms with E-state index in [1.807, 2.05) is 48.5 Å². The van der Waals surface area contributed by atoms with Crippen molar-refractivity contribution in [2.75, 3.05) is 0 Å². The van der Waals surface area contributed by atoms with E-state index in [0.29, 0.717) is 30.1 Å². The van der Waals surface area contributed by atoms with E-state index in [9.17, 15) is 4.79 Å². The van der Waals surface area contributed by atoms with E-state index >= 15 is 0 Å². The molecule has 4 rings (SSSR count). The molecule has 0 spiro atoms. The van der Waals surface area contributed by atoms with Gasteiger partial charge in [-0.2, -0.15) is 5.10 Å². The minimum absolute atomic E-state index is 0.396. The quantitative estimate of drug-likeness (QED) is 0.739. The van der Waals surface area contributed by atoms with E-state index in [1.54, 1.807) is 6.08 Å². The van der Waals surface area contributed by atoms with Crippen molar-refractivity contribution in [3.8, 4) is 22.5 Å². The number of H-pyrrole nitrogens is 1. The summed E-state index contributed by atoms with van der Waals surface area (Å²) in [6.07, 6.45) is 4.87. The lowest BCUT2D eigenvalue weighted by Gasteiger charge is -2.08. The van der Waals surface area contributed by atoms with E-state index in [-0.39, 0.29) is 0 Å². The number of nitrogens with zero attached hydrogens (tertiary/aromatic N) is 2. The second kappa shape index (κ2) is 6.80. The summed E-state index contributed by atoms with van der Waals surface area (Å²) in [5, 5.41) is 16.4. The SMILES string of the molecule is O=C(O)C1=CC(c2nc(-c3ccc(-c4ccccc4)cc3)n[nH]2)=CCC1. The Labute approximate surface area is 150 Å². The summed E-state index contributed by atoms with van der Waals surface area (Å²) in [7, 11) is 0. The standard InChI is InChI=1S/C21H17N3O2/c25-21(26)18-8-4-7-17(13-18)20-22-19(23-24-20)16-11-9-15(10-12-16)14-5-2-1-3-6-14/h1-3,5-7,9-13H,4,8H2,(H,25,26)(H,22,23,24). The number of aliphatic carboxylic acids is 1. The van der Waals surface area contributed by atoms with Crippen molar-refractivity contribution in [2.45, 2.75) is 12.8 Å². The fraction of sp³-hybridized carbons (Fsp3) is 0.0952. The highest BCUT2D eigenvalue weighted by atomic mass is 16.4. The molecule has 0 unspecified atom stereocenters. The molecule has 0 fully saturated rings. The Morgan fingerprint density at radius 3 is 2.38 bits per heavy atom. The molecule has 26 heavy (non-hydrogen) atoms. The van der Waals surface area contributed by atoms with E-state index in [2.05, 4.69) is 27.3 Å². The van der Waals surface area contributed by atoms with E-state index < -0.39 is 5.97 Å². The predicted octanol–water partition coefficient (Wildman–Crippen LogP) is 4.33. The maximum Gasteiger partial charge on any atom is 0.331 e. The number of aromatic amines is 1. The normalized spacial score (nSPS) is 13.8.